The van der Waals surface area contributed by atoms with Crippen LogP contribution in [0.15, 0.2) is 13.9 Å². The number of nitrogens with one attached hydrogen (secondary N) is 2. The maximum atomic E-state index is 11.9. The molecule has 0 radical (unpaired) electrons. The first-order chi connectivity index (χ1) is 11.4. The standard InChI is InChI=1S/C13H17N7O2S2/c1-5(2)8(14)9-17-18-12-20(9)19-13(24-12)23-4-7-6(3)15-11(22)16-10(7)21/h5,8H,4,14H2,1-3H3,(H2,15,16,21,22)/p+1/t8-/m0/s1. The Labute approximate surface area is 144 Å². The number of hydrogen-bond acceptors (Lipinski definition) is 7. The van der Waals surface area contributed by atoms with Gasteiger partial charge in [-0.2, -0.15) is 4.52 Å². The summed E-state index contributed by atoms with van der Waals surface area (Å²) < 4.78 is 2.50. The summed E-state index contributed by atoms with van der Waals surface area (Å²) in [5.41, 5.74) is 4.35. The summed E-state index contributed by atoms with van der Waals surface area (Å²) in [6.45, 7) is 5.86. The quantitative estimate of drug-likeness (QED) is 0.546. The van der Waals surface area contributed by atoms with Crippen molar-refractivity contribution in [2.45, 2.75) is 36.9 Å². The molecule has 0 aromatic carbocycles. The second kappa shape index (κ2) is 6.49. The molecule has 0 saturated heterocycles. The molecule has 128 valence electrons. The fraction of sp³-hybridized carbons (Fsp3) is 0.462. The van der Waals surface area contributed by atoms with Gasteiger partial charge in [-0.05, 0) is 6.92 Å². The van der Waals surface area contributed by atoms with E-state index in [4.69, 9.17) is 0 Å². The second-order valence-corrected chi connectivity index (χ2v) is 7.95. The number of hydrogen-bond donors (Lipinski definition) is 3. The van der Waals surface area contributed by atoms with Gasteiger partial charge in [0.2, 0.25) is 10.8 Å². The third-order valence-electron chi connectivity index (χ3n) is 3.73. The molecule has 0 aliphatic heterocycles. The van der Waals surface area contributed by atoms with Gasteiger partial charge in [-0.1, -0.05) is 36.9 Å². The van der Waals surface area contributed by atoms with Gasteiger partial charge in [0.05, 0.1) is 0 Å². The minimum atomic E-state index is -0.496. The van der Waals surface area contributed by atoms with Crippen LogP contribution in [0, 0.1) is 12.8 Å². The number of thioether (sulfide) groups is 1. The maximum absolute atomic E-state index is 11.9. The number of aromatic nitrogens is 6. The molecule has 0 fully saturated rings. The number of quaternary nitrogens is 1. The average Bonchev–Trinajstić information content (AvgIpc) is 3.05. The van der Waals surface area contributed by atoms with Crippen molar-refractivity contribution in [3.8, 4) is 0 Å². The highest BCUT2D eigenvalue weighted by Gasteiger charge is 2.23. The molecule has 3 heterocycles. The van der Waals surface area contributed by atoms with Gasteiger partial charge in [-0.25, -0.2) is 4.79 Å². The molecule has 0 spiro atoms. The average molecular weight is 368 g/mol. The fourth-order valence-corrected chi connectivity index (χ4v) is 4.11. The maximum Gasteiger partial charge on any atom is 0.325 e. The van der Waals surface area contributed by atoms with Crippen molar-refractivity contribution < 1.29 is 5.73 Å². The van der Waals surface area contributed by atoms with Crippen molar-refractivity contribution in [3.05, 3.63) is 37.9 Å². The van der Waals surface area contributed by atoms with Gasteiger partial charge < -0.3 is 10.7 Å². The van der Waals surface area contributed by atoms with Crippen molar-refractivity contribution in [1.82, 2.24) is 29.8 Å². The number of rotatable bonds is 5. The molecule has 3 rings (SSSR count). The molecule has 0 aliphatic carbocycles. The molecule has 0 saturated carbocycles. The van der Waals surface area contributed by atoms with Crippen LogP contribution in [-0.2, 0) is 5.75 Å². The molecule has 0 bridgehead atoms. The van der Waals surface area contributed by atoms with E-state index in [9.17, 15) is 9.59 Å². The van der Waals surface area contributed by atoms with E-state index >= 15 is 0 Å². The molecule has 1 atom stereocenters. The van der Waals surface area contributed by atoms with E-state index < -0.39 is 5.69 Å². The van der Waals surface area contributed by atoms with Gasteiger partial charge in [0, 0.05) is 22.9 Å². The zero-order valence-electron chi connectivity index (χ0n) is 13.5. The van der Waals surface area contributed by atoms with Crippen LogP contribution >= 0.6 is 23.1 Å². The number of nitrogens with zero attached hydrogens (tertiary/aromatic N) is 4. The summed E-state index contributed by atoms with van der Waals surface area (Å²) in [5, 5.41) is 12.8. The Bertz CT molecular complexity index is 984. The molecular formula is C13H18N7O2S2+. The number of H-pyrrole nitrogens is 2. The molecule has 5 N–H and O–H groups in total. The van der Waals surface area contributed by atoms with Crippen LogP contribution in [0.25, 0.3) is 4.96 Å². The number of aromatic amines is 2. The lowest BCUT2D eigenvalue weighted by Gasteiger charge is -2.08. The van der Waals surface area contributed by atoms with Crippen LogP contribution in [0.4, 0.5) is 0 Å². The van der Waals surface area contributed by atoms with E-state index in [0.29, 0.717) is 27.9 Å². The molecule has 0 aliphatic rings. The van der Waals surface area contributed by atoms with Gasteiger partial charge in [0.1, 0.15) is 6.04 Å². The van der Waals surface area contributed by atoms with Crippen molar-refractivity contribution in [1.29, 1.82) is 0 Å². The highest BCUT2D eigenvalue weighted by Crippen LogP contribution is 2.28. The Morgan fingerprint density at radius 2 is 2.04 bits per heavy atom. The Hall–Kier alpha value is -1.98. The summed E-state index contributed by atoms with van der Waals surface area (Å²) in [5.74, 6) is 1.48. The summed E-state index contributed by atoms with van der Waals surface area (Å²) >= 11 is 2.83. The highest BCUT2D eigenvalue weighted by atomic mass is 32.2. The predicted molar refractivity (Wildman–Crippen MR) is 91.1 cm³/mol. The molecule has 24 heavy (non-hydrogen) atoms. The van der Waals surface area contributed by atoms with Crippen molar-refractivity contribution in [2.75, 3.05) is 0 Å². The first-order valence-electron chi connectivity index (χ1n) is 7.37. The number of aryl methyl sites for hydroxylation is 1. The van der Waals surface area contributed by atoms with E-state index in [1.165, 1.54) is 23.1 Å². The van der Waals surface area contributed by atoms with Crippen LogP contribution in [-0.4, -0.2) is 29.8 Å². The monoisotopic (exact) mass is 368 g/mol. The molecular weight excluding hydrogens is 350 g/mol. The first kappa shape index (κ1) is 16.9. The summed E-state index contributed by atoms with van der Waals surface area (Å²) in [7, 11) is 0. The minimum Gasteiger partial charge on any atom is -0.348 e. The fourth-order valence-electron chi connectivity index (χ4n) is 2.14. The smallest absolute Gasteiger partial charge is 0.325 e. The Morgan fingerprint density at radius 3 is 2.71 bits per heavy atom. The van der Waals surface area contributed by atoms with Crippen molar-refractivity contribution >= 4 is 28.1 Å². The Morgan fingerprint density at radius 1 is 1.29 bits per heavy atom. The van der Waals surface area contributed by atoms with E-state index in [1.54, 1.807) is 11.4 Å². The van der Waals surface area contributed by atoms with Gasteiger partial charge in [0.15, 0.2) is 4.34 Å². The summed E-state index contributed by atoms with van der Waals surface area (Å²) in [4.78, 5) is 28.6. The first-order valence-corrected chi connectivity index (χ1v) is 9.17. The van der Waals surface area contributed by atoms with Crippen LogP contribution in [0.2, 0.25) is 0 Å². The molecule has 3 aromatic rings. The van der Waals surface area contributed by atoms with Crippen LogP contribution < -0.4 is 17.0 Å². The molecule has 9 nitrogen and oxygen atoms in total. The van der Waals surface area contributed by atoms with Gasteiger partial charge in [-0.3, -0.25) is 9.78 Å². The highest BCUT2D eigenvalue weighted by molar-refractivity contribution is 8.00. The summed E-state index contributed by atoms with van der Waals surface area (Å²) in [6, 6.07) is 0.00392. The summed E-state index contributed by atoms with van der Waals surface area (Å²) in [6.07, 6.45) is 0. The third-order valence-corrected chi connectivity index (χ3v) is 5.79. The topological polar surface area (TPSA) is 136 Å². The van der Waals surface area contributed by atoms with Gasteiger partial charge >= 0.3 is 5.69 Å². The van der Waals surface area contributed by atoms with Gasteiger partial charge in [-0.15, -0.1) is 15.3 Å². The molecule has 0 unspecified atom stereocenters. The largest absolute Gasteiger partial charge is 0.348 e. The van der Waals surface area contributed by atoms with E-state index in [0.717, 1.165) is 10.2 Å². The zero-order valence-corrected chi connectivity index (χ0v) is 15.1. The predicted octanol–water partition coefficient (Wildman–Crippen LogP) is 0.102. The second-order valence-electron chi connectivity index (χ2n) is 5.77. The SMILES string of the molecule is Cc1[nH]c(=O)[nH]c(=O)c1CSc1nn2c([C@@H]([NH3+])C(C)C)nnc2s1. The lowest BCUT2D eigenvalue weighted by atomic mass is 10.1. The van der Waals surface area contributed by atoms with Crippen LogP contribution in [0.1, 0.15) is 37.0 Å². The molecule has 3 aromatic heterocycles. The van der Waals surface area contributed by atoms with E-state index in [-0.39, 0.29) is 11.6 Å². The molecule has 11 heteroatoms. The van der Waals surface area contributed by atoms with Gasteiger partial charge in [0.25, 0.3) is 5.56 Å². The molecule has 0 amide bonds. The minimum absolute atomic E-state index is 0.00392. The van der Waals surface area contributed by atoms with Crippen molar-refractivity contribution in [3.63, 3.8) is 0 Å². The lowest BCUT2D eigenvalue weighted by Crippen LogP contribution is -2.56. The van der Waals surface area contributed by atoms with Crippen LogP contribution in [0.3, 0.4) is 0 Å². The zero-order chi connectivity index (χ0) is 17.4. The van der Waals surface area contributed by atoms with Crippen molar-refractivity contribution in [2.24, 2.45) is 5.92 Å². The Kier molecular flexibility index (Phi) is 4.56. The Balaban J connectivity index is 1.84. The lowest BCUT2D eigenvalue weighted by molar-refractivity contribution is -0.440. The van der Waals surface area contributed by atoms with E-state index in [1.807, 2.05) is 0 Å². The normalized spacial score (nSPS) is 13.0. The van der Waals surface area contributed by atoms with E-state index in [2.05, 4.69) is 44.8 Å². The van der Waals surface area contributed by atoms with Crippen LogP contribution in [0.5, 0.6) is 0 Å². The number of fused-ring (bicyclic) bond motifs is 1. The third kappa shape index (κ3) is 3.14.